The van der Waals surface area contributed by atoms with Crippen molar-refractivity contribution in [1.82, 2.24) is 25.8 Å². The molecule has 1 aromatic carbocycles. The van der Waals surface area contributed by atoms with Gasteiger partial charge in [-0.1, -0.05) is 76.6 Å². The molecule has 2 rings (SSSR count). The van der Waals surface area contributed by atoms with Gasteiger partial charge in [0.1, 0.15) is 16.7 Å². The Labute approximate surface area is 313 Å². The van der Waals surface area contributed by atoms with Gasteiger partial charge in [-0.15, -0.1) is 11.3 Å². The lowest BCUT2D eigenvalue weighted by atomic mass is 9.96. The number of methoxy groups -OCH3 is 1. The molecule has 0 unspecified atom stereocenters. The molecule has 0 aliphatic rings. The molecule has 1 aromatic heterocycles. The van der Waals surface area contributed by atoms with Crippen LogP contribution >= 0.6 is 11.3 Å². The number of unbranched alkanes of at least 4 members (excludes halogenated alkanes) is 1. The Morgan fingerprint density at radius 2 is 1.63 bits per heavy atom. The Balaban J connectivity index is 2.26. The lowest BCUT2D eigenvalue weighted by molar-refractivity contribution is -0.148. The molecule has 0 aliphatic carbocycles. The van der Waals surface area contributed by atoms with Gasteiger partial charge in [0.2, 0.25) is 11.8 Å². The molecule has 1 heterocycles. The average Bonchev–Trinajstić information content (AvgIpc) is 3.60. The van der Waals surface area contributed by atoms with Crippen LogP contribution in [0.15, 0.2) is 47.9 Å². The highest BCUT2D eigenvalue weighted by atomic mass is 32.1. The summed E-state index contributed by atoms with van der Waals surface area (Å²) in [6.45, 7) is 15.5. The Morgan fingerprint density at radius 3 is 2.21 bits per heavy atom. The van der Waals surface area contributed by atoms with Crippen molar-refractivity contribution in [2.45, 2.75) is 104 Å². The molecule has 3 N–H and O–H groups in total. The highest BCUT2D eigenvalue weighted by Gasteiger charge is 2.35. The van der Waals surface area contributed by atoms with Gasteiger partial charge in [0.25, 0.3) is 5.91 Å². The highest BCUT2D eigenvalue weighted by molar-refractivity contribution is 7.09. The van der Waals surface area contributed by atoms with Crippen molar-refractivity contribution in [1.29, 1.82) is 0 Å². The molecule has 6 atom stereocenters. The van der Waals surface area contributed by atoms with Crippen LogP contribution in [0.5, 0.6) is 0 Å². The maximum Gasteiger partial charge on any atom is 0.308 e. The molecule has 52 heavy (non-hydrogen) atoms. The molecule has 0 saturated carbocycles. The van der Waals surface area contributed by atoms with E-state index in [1.165, 1.54) is 25.4 Å². The third-order valence-corrected chi connectivity index (χ3v) is 9.99. The fourth-order valence-corrected chi connectivity index (χ4v) is 6.81. The maximum atomic E-state index is 14.0. The molecular weight excluding hydrogens is 683 g/mol. The number of nitrogens with one attached hydrogen (secondary N) is 3. The molecule has 3 amide bonds. The van der Waals surface area contributed by atoms with E-state index in [4.69, 9.17) is 9.47 Å². The number of likely N-dealkylation sites (N-methyl/N-ethyl adjacent to an activating group) is 1. The van der Waals surface area contributed by atoms with Crippen LogP contribution in [0.4, 0.5) is 0 Å². The van der Waals surface area contributed by atoms with Gasteiger partial charge >= 0.3 is 11.9 Å². The molecule has 0 radical (unpaired) electrons. The predicted octanol–water partition coefficient (Wildman–Crippen LogP) is 5.25. The first-order valence-corrected chi connectivity index (χ1v) is 18.9. The van der Waals surface area contributed by atoms with E-state index in [1.807, 2.05) is 58.2 Å². The van der Waals surface area contributed by atoms with Crippen LogP contribution in [0.25, 0.3) is 0 Å². The van der Waals surface area contributed by atoms with E-state index in [0.717, 1.165) is 31.4 Å². The molecule has 0 fully saturated rings. The summed E-state index contributed by atoms with van der Waals surface area (Å²) in [5.41, 5.74) is 1.79. The van der Waals surface area contributed by atoms with E-state index in [9.17, 15) is 24.0 Å². The van der Waals surface area contributed by atoms with Crippen molar-refractivity contribution in [3.63, 3.8) is 0 Å². The van der Waals surface area contributed by atoms with Crippen LogP contribution < -0.4 is 16.0 Å². The maximum absolute atomic E-state index is 14.0. The minimum absolute atomic E-state index is 0.139. The SMILES string of the molecule is C=C(C)[C@@H](C[C@@H](OC(C)=O)c1nc(C(=O)N[C@@H](Cc2ccccc2)C[C@H](C)C(=O)OC)cs1)N(C)C(=O)[C@@H](NC(=O)[C@H](C)CCCCNC)C(C)C. The summed E-state index contributed by atoms with van der Waals surface area (Å²) >= 11 is 1.17. The van der Waals surface area contributed by atoms with Crippen LogP contribution in [0.1, 0.15) is 101 Å². The molecule has 288 valence electrons. The van der Waals surface area contributed by atoms with Crippen LogP contribution in [-0.2, 0) is 35.1 Å². The van der Waals surface area contributed by atoms with E-state index < -0.39 is 36.0 Å². The third-order valence-electron chi connectivity index (χ3n) is 9.05. The van der Waals surface area contributed by atoms with Crippen molar-refractivity contribution in [3.05, 3.63) is 64.1 Å². The molecular formula is C39H59N5O7S. The number of rotatable bonds is 22. The molecule has 2 aromatic rings. The number of aromatic nitrogens is 1. The van der Waals surface area contributed by atoms with Gasteiger partial charge < -0.3 is 30.3 Å². The molecule has 0 bridgehead atoms. The van der Waals surface area contributed by atoms with Crippen LogP contribution in [0, 0.1) is 17.8 Å². The van der Waals surface area contributed by atoms with Crippen molar-refractivity contribution < 1.29 is 33.4 Å². The topological polar surface area (TPSA) is 156 Å². The quantitative estimate of drug-likeness (QED) is 0.0834. The first kappa shape index (κ1) is 44.1. The number of hydrogen-bond acceptors (Lipinski definition) is 10. The minimum Gasteiger partial charge on any atom is -0.469 e. The monoisotopic (exact) mass is 741 g/mol. The van der Waals surface area contributed by atoms with E-state index in [2.05, 4.69) is 27.5 Å². The van der Waals surface area contributed by atoms with Gasteiger partial charge in [-0.05, 0) is 57.7 Å². The Bertz CT molecular complexity index is 1480. The van der Waals surface area contributed by atoms with Crippen LogP contribution in [0.2, 0.25) is 0 Å². The Kier molecular flexibility index (Phi) is 18.7. The zero-order chi connectivity index (χ0) is 39.0. The fraction of sp³-hybridized carbons (Fsp3) is 0.590. The lowest BCUT2D eigenvalue weighted by Gasteiger charge is -2.35. The summed E-state index contributed by atoms with van der Waals surface area (Å²) in [6.07, 6.45) is 2.68. The second-order valence-corrected chi connectivity index (χ2v) is 14.9. The summed E-state index contributed by atoms with van der Waals surface area (Å²) in [6, 6.07) is 7.91. The zero-order valence-electron chi connectivity index (χ0n) is 32.3. The second kappa shape index (κ2) is 22.1. The standard InChI is InChI=1S/C39H59N5O7S/c1-24(2)32(44(9)38(48)34(25(3)4)43-35(46)26(5)16-14-15-19-40-8)22-33(51-28(7)45)37-42-31(23-52-37)36(47)41-30(20-27(6)39(49)50-10)21-29-17-12-11-13-18-29/h11-13,17-18,23,25-27,30,32-34,40H,1,14-16,19-22H2,2-10H3,(H,41,47)(H,43,46)/t26-,27+,30-,32-,33-,34+/m1/s1. The summed E-state index contributed by atoms with van der Waals surface area (Å²) in [4.78, 5) is 71.2. The summed E-state index contributed by atoms with van der Waals surface area (Å²) < 4.78 is 10.6. The normalized spacial score (nSPS) is 14.7. The predicted molar refractivity (Wildman–Crippen MR) is 204 cm³/mol. The highest BCUT2D eigenvalue weighted by Crippen LogP contribution is 2.30. The number of amides is 3. The summed E-state index contributed by atoms with van der Waals surface area (Å²) in [7, 11) is 4.88. The fourth-order valence-electron chi connectivity index (χ4n) is 5.97. The van der Waals surface area contributed by atoms with Gasteiger partial charge in [0.05, 0.1) is 19.1 Å². The lowest BCUT2D eigenvalue weighted by Crippen LogP contribution is -2.54. The third kappa shape index (κ3) is 14.1. The van der Waals surface area contributed by atoms with Gasteiger partial charge in [-0.25, -0.2) is 4.98 Å². The largest absolute Gasteiger partial charge is 0.469 e. The molecule has 12 nitrogen and oxygen atoms in total. The van der Waals surface area contributed by atoms with Crippen molar-refractivity contribution in [3.8, 4) is 0 Å². The smallest absolute Gasteiger partial charge is 0.308 e. The Hall–Kier alpha value is -4.10. The second-order valence-electron chi connectivity index (χ2n) is 14.0. The number of benzene rings is 1. The van der Waals surface area contributed by atoms with Crippen molar-refractivity contribution in [2.24, 2.45) is 17.8 Å². The summed E-state index contributed by atoms with van der Waals surface area (Å²) in [5.74, 6) is -2.68. The number of thiazole rings is 1. The number of ether oxygens (including phenoxy) is 2. The molecule has 13 heteroatoms. The van der Waals surface area contributed by atoms with Gasteiger partial charge in [-0.2, -0.15) is 0 Å². The van der Waals surface area contributed by atoms with Gasteiger partial charge in [0, 0.05) is 37.7 Å². The Morgan fingerprint density at radius 1 is 0.962 bits per heavy atom. The average molecular weight is 742 g/mol. The van der Waals surface area contributed by atoms with E-state index in [0.29, 0.717) is 23.4 Å². The first-order valence-electron chi connectivity index (χ1n) is 18.0. The summed E-state index contributed by atoms with van der Waals surface area (Å²) in [5, 5.41) is 11.1. The van der Waals surface area contributed by atoms with Crippen LogP contribution in [-0.4, -0.2) is 85.4 Å². The first-order chi connectivity index (χ1) is 24.6. The number of carbonyl (C=O) groups excluding carboxylic acids is 5. The van der Waals surface area contributed by atoms with E-state index in [1.54, 1.807) is 31.2 Å². The molecule has 0 aliphatic heterocycles. The number of hydrogen-bond donors (Lipinski definition) is 3. The number of esters is 2. The molecule has 0 spiro atoms. The van der Waals surface area contributed by atoms with Crippen LogP contribution in [0.3, 0.4) is 0 Å². The zero-order valence-corrected chi connectivity index (χ0v) is 33.1. The minimum atomic E-state index is -0.884. The van der Waals surface area contributed by atoms with E-state index in [-0.39, 0.29) is 47.8 Å². The van der Waals surface area contributed by atoms with Crippen molar-refractivity contribution >= 4 is 41.0 Å². The molecule has 0 saturated heterocycles. The number of nitrogens with zero attached hydrogens (tertiary/aromatic N) is 2. The number of carbonyl (C=O) groups is 5. The van der Waals surface area contributed by atoms with Gasteiger partial charge in [-0.3, -0.25) is 24.0 Å². The van der Waals surface area contributed by atoms with Gasteiger partial charge in [0.15, 0.2) is 6.10 Å². The van der Waals surface area contributed by atoms with Crippen molar-refractivity contribution in [2.75, 3.05) is 27.7 Å². The van der Waals surface area contributed by atoms with E-state index >= 15 is 0 Å².